The van der Waals surface area contributed by atoms with Crippen LogP contribution in [0.3, 0.4) is 0 Å². The number of Topliss-reactive ketones (excluding diaryl/α,β-unsaturated/α-hetero) is 1. The van der Waals surface area contributed by atoms with Gasteiger partial charge in [-0.25, -0.2) is 14.8 Å². The standard InChI is InChI=1S/C19H15BrN2O3/c1-11-12(2)22-17-9-14(5-8-16(17)21-11)19(24)25-10-18(23)13-3-6-15(20)7-4-13/h3-9H,10H2,1-2H3. The van der Waals surface area contributed by atoms with Crippen LogP contribution in [0.15, 0.2) is 46.9 Å². The maximum atomic E-state index is 12.2. The van der Waals surface area contributed by atoms with Gasteiger partial charge < -0.3 is 4.74 Å². The van der Waals surface area contributed by atoms with Crippen molar-refractivity contribution >= 4 is 38.7 Å². The molecule has 1 aromatic heterocycles. The highest BCUT2D eigenvalue weighted by Gasteiger charge is 2.13. The fraction of sp³-hybridized carbons (Fsp3) is 0.158. The number of halogens is 1. The van der Waals surface area contributed by atoms with E-state index >= 15 is 0 Å². The molecule has 0 fully saturated rings. The highest BCUT2D eigenvalue weighted by atomic mass is 79.9. The Bertz CT molecular complexity index is 968. The largest absolute Gasteiger partial charge is 0.454 e. The summed E-state index contributed by atoms with van der Waals surface area (Å²) in [6.07, 6.45) is 0. The van der Waals surface area contributed by atoms with Gasteiger partial charge in [-0.15, -0.1) is 0 Å². The molecular formula is C19H15BrN2O3. The monoisotopic (exact) mass is 398 g/mol. The van der Waals surface area contributed by atoms with Gasteiger partial charge in [0.25, 0.3) is 0 Å². The minimum atomic E-state index is -0.563. The lowest BCUT2D eigenvalue weighted by Gasteiger charge is -2.06. The average molecular weight is 399 g/mol. The Labute approximate surface area is 153 Å². The first-order valence-electron chi connectivity index (χ1n) is 7.65. The fourth-order valence-electron chi connectivity index (χ4n) is 2.29. The molecule has 0 atom stereocenters. The van der Waals surface area contributed by atoms with Crippen molar-refractivity contribution in [1.82, 2.24) is 9.97 Å². The van der Waals surface area contributed by atoms with E-state index in [-0.39, 0.29) is 12.4 Å². The molecule has 0 radical (unpaired) electrons. The van der Waals surface area contributed by atoms with Crippen LogP contribution in [0.1, 0.15) is 32.1 Å². The van der Waals surface area contributed by atoms with Crippen LogP contribution < -0.4 is 0 Å². The predicted octanol–water partition coefficient (Wildman–Crippen LogP) is 4.05. The van der Waals surface area contributed by atoms with Crippen molar-refractivity contribution in [2.24, 2.45) is 0 Å². The SMILES string of the molecule is Cc1nc2ccc(C(=O)OCC(=O)c3ccc(Br)cc3)cc2nc1C. The van der Waals surface area contributed by atoms with Gasteiger partial charge in [0.15, 0.2) is 12.4 Å². The number of benzene rings is 2. The number of hydrogen-bond donors (Lipinski definition) is 0. The first-order chi connectivity index (χ1) is 11.9. The number of esters is 1. The van der Waals surface area contributed by atoms with Crippen LogP contribution in [0.5, 0.6) is 0 Å². The first-order valence-corrected chi connectivity index (χ1v) is 8.44. The molecule has 0 amide bonds. The van der Waals surface area contributed by atoms with Crippen molar-refractivity contribution in [1.29, 1.82) is 0 Å². The number of ketones is 1. The Balaban J connectivity index is 1.72. The zero-order chi connectivity index (χ0) is 18.0. The van der Waals surface area contributed by atoms with E-state index in [1.165, 1.54) is 0 Å². The van der Waals surface area contributed by atoms with E-state index < -0.39 is 5.97 Å². The van der Waals surface area contributed by atoms with Crippen molar-refractivity contribution < 1.29 is 14.3 Å². The Morgan fingerprint density at radius 2 is 1.52 bits per heavy atom. The summed E-state index contributed by atoms with van der Waals surface area (Å²) in [5, 5.41) is 0. The minimum Gasteiger partial charge on any atom is -0.454 e. The Kier molecular flexibility index (Phi) is 4.90. The maximum Gasteiger partial charge on any atom is 0.338 e. The van der Waals surface area contributed by atoms with Crippen molar-refractivity contribution in [2.75, 3.05) is 6.61 Å². The van der Waals surface area contributed by atoms with Gasteiger partial charge in [-0.05, 0) is 44.2 Å². The zero-order valence-electron chi connectivity index (χ0n) is 13.7. The lowest BCUT2D eigenvalue weighted by Crippen LogP contribution is -2.14. The van der Waals surface area contributed by atoms with Crippen molar-refractivity contribution in [2.45, 2.75) is 13.8 Å². The van der Waals surface area contributed by atoms with Crippen LogP contribution in [0, 0.1) is 13.8 Å². The molecule has 0 bridgehead atoms. The van der Waals surface area contributed by atoms with Crippen LogP contribution in [0.2, 0.25) is 0 Å². The van der Waals surface area contributed by atoms with Crippen LogP contribution in [-0.4, -0.2) is 28.3 Å². The molecule has 0 aliphatic heterocycles. The second-order valence-electron chi connectivity index (χ2n) is 5.60. The number of ether oxygens (including phenoxy) is 1. The number of fused-ring (bicyclic) bond motifs is 1. The number of hydrogen-bond acceptors (Lipinski definition) is 5. The molecule has 0 saturated heterocycles. The van der Waals surface area contributed by atoms with Gasteiger partial charge in [-0.1, -0.05) is 28.1 Å². The summed E-state index contributed by atoms with van der Waals surface area (Å²) in [4.78, 5) is 33.1. The molecule has 0 saturated carbocycles. The summed E-state index contributed by atoms with van der Waals surface area (Å²) < 4.78 is 6.01. The topological polar surface area (TPSA) is 69.2 Å². The number of carbonyl (C=O) groups is 2. The molecule has 3 rings (SSSR count). The number of aromatic nitrogens is 2. The molecule has 0 unspecified atom stereocenters. The van der Waals surface area contributed by atoms with Crippen LogP contribution >= 0.6 is 15.9 Å². The van der Waals surface area contributed by atoms with E-state index in [0.717, 1.165) is 15.9 Å². The number of rotatable bonds is 4. The second kappa shape index (κ2) is 7.11. The quantitative estimate of drug-likeness (QED) is 0.489. The molecule has 0 N–H and O–H groups in total. The number of aryl methyl sites for hydroxylation is 2. The van der Waals surface area contributed by atoms with Crippen LogP contribution in [0.25, 0.3) is 11.0 Å². The minimum absolute atomic E-state index is 0.257. The van der Waals surface area contributed by atoms with Gasteiger partial charge in [0, 0.05) is 10.0 Å². The Morgan fingerprint density at radius 1 is 0.920 bits per heavy atom. The molecule has 0 aliphatic rings. The van der Waals surface area contributed by atoms with Gasteiger partial charge in [0.2, 0.25) is 0 Å². The summed E-state index contributed by atoms with van der Waals surface area (Å²) in [5.41, 5.74) is 3.83. The van der Waals surface area contributed by atoms with Crippen molar-refractivity contribution in [3.05, 3.63) is 69.5 Å². The van der Waals surface area contributed by atoms with E-state index in [4.69, 9.17) is 4.74 Å². The maximum absolute atomic E-state index is 12.2. The third kappa shape index (κ3) is 3.91. The summed E-state index contributed by atoms with van der Waals surface area (Å²) in [5.74, 6) is -0.819. The lowest BCUT2D eigenvalue weighted by atomic mass is 10.1. The van der Waals surface area contributed by atoms with Gasteiger partial charge in [0.05, 0.1) is 28.0 Å². The highest BCUT2D eigenvalue weighted by Crippen LogP contribution is 2.16. The second-order valence-corrected chi connectivity index (χ2v) is 6.52. The van der Waals surface area contributed by atoms with Crippen LogP contribution in [0.4, 0.5) is 0 Å². The smallest absolute Gasteiger partial charge is 0.338 e. The molecule has 0 spiro atoms. The van der Waals surface area contributed by atoms with E-state index in [2.05, 4.69) is 25.9 Å². The third-order valence-electron chi connectivity index (χ3n) is 3.81. The van der Waals surface area contributed by atoms with E-state index in [0.29, 0.717) is 22.2 Å². The summed E-state index contributed by atoms with van der Waals surface area (Å²) in [6, 6.07) is 11.9. The van der Waals surface area contributed by atoms with Crippen LogP contribution in [-0.2, 0) is 4.74 Å². The van der Waals surface area contributed by atoms with Crippen molar-refractivity contribution in [3.63, 3.8) is 0 Å². The molecule has 3 aromatic rings. The average Bonchev–Trinajstić information content (AvgIpc) is 2.60. The van der Waals surface area contributed by atoms with Gasteiger partial charge in [0.1, 0.15) is 0 Å². The van der Waals surface area contributed by atoms with Gasteiger partial charge in [-0.3, -0.25) is 4.79 Å². The Hall–Kier alpha value is -2.60. The molecule has 0 aliphatic carbocycles. The Morgan fingerprint density at radius 3 is 2.20 bits per heavy atom. The summed E-state index contributed by atoms with van der Waals surface area (Å²) >= 11 is 3.31. The lowest BCUT2D eigenvalue weighted by molar-refractivity contribution is 0.0475. The predicted molar refractivity (Wildman–Crippen MR) is 97.8 cm³/mol. The zero-order valence-corrected chi connectivity index (χ0v) is 15.3. The normalized spacial score (nSPS) is 10.7. The van der Waals surface area contributed by atoms with E-state index in [9.17, 15) is 9.59 Å². The third-order valence-corrected chi connectivity index (χ3v) is 4.34. The molecular weight excluding hydrogens is 384 g/mol. The molecule has 1 heterocycles. The van der Waals surface area contributed by atoms with E-state index in [1.54, 1.807) is 42.5 Å². The summed E-state index contributed by atoms with van der Waals surface area (Å²) in [6.45, 7) is 3.44. The molecule has 126 valence electrons. The number of carbonyl (C=O) groups excluding carboxylic acids is 2. The van der Waals surface area contributed by atoms with E-state index in [1.807, 2.05) is 13.8 Å². The summed E-state index contributed by atoms with van der Waals surface area (Å²) in [7, 11) is 0. The highest BCUT2D eigenvalue weighted by molar-refractivity contribution is 9.10. The fourth-order valence-corrected chi connectivity index (χ4v) is 2.56. The molecule has 6 heteroatoms. The van der Waals surface area contributed by atoms with Crippen molar-refractivity contribution in [3.8, 4) is 0 Å². The first kappa shape index (κ1) is 17.2. The van der Waals surface area contributed by atoms with Gasteiger partial charge in [-0.2, -0.15) is 0 Å². The molecule has 5 nitrogen and oxygen atoms in total. The number of nitrogens with zero attached hydrogens (tertiary/aromatic N) is 2. The van der Waals surface area contributed by atoms with Gasteiger partial charge >= 0.3 is 5.97 Å². The molecule has 25 heavy (non-hydrogen) atoms. The molecule has 2 aromatic carbocycles.